The van der Waals surface area contributed by atoms with E-state index in [0.717, 1.165) is 5.56 Å². The topological polar surface area (TPSA) is 76.1 Å². The molecule has 4 nitrogen and oxygen atoms in total. The third-order valence-electron chi connectivity index (χ3n) is 4.26. The third-order valence-corrected chi connectivity index (χ3v) is 4.49. The van der Waals surface area contributed by atoms with Crippen LogP contribution in [0.25, 0.3) is 0 Å². The van der Waals surface area contributed by atoms with Crippen molar-refractivity contribution >= 4 is 17.4 Å². The summed E-state index contributed by atoms with van der Waals surface area (Å²) in [5, 5.41) is 10.1. The van der Waals surface area contributed by atoms with Gasteiger partial charge in [0.1, 0.15) is 17.4 Å². The SMILES string of the molecule is CC1(C)CC(=O)C2=C(C1)OC(N)=C(C#N)[C@H]2c1cccc(Cl)c1. The Morgan fingerprint density at radius 1 is 1.39 bits per heavy atom. The second-order valence-corrected chi connectivity index (χ2v) is 7.19. The number of ether oxygens (including phenoxy) is 1. The number of carbonyl (C=O) groups is 1. The van der Waals surface area contributed by atoms with E-state index >= 15 is 0 Å². The van der Waals surface area contributed by atoms with Crippen LogP contribution < -0.4 is 5.73 Å². The first-order valence-corrected chi connectivity index (χ1v) is 7.79. The third kappa shape index (κ3) is 2.73. The van der Waals surface area contributed by atoms with Gasteiger partial charge >= 0.3 is 0 Å². The van der Waals surface area contributed by atoms with E-state index in [9.17, 15) is 10.1 Å². The highest BCUT2D eigenvalue weighted by Gasteiger charge is 2.42. The number of nitrogens with two attached hydrogens (primary N) is 1. The molecule has 0 saturated carbocycles. The molecule has 23 heavy (non-hydrogen) atoms. The van der Waals surface area contributed by atoms with E-state index in [4.69, 9.17) is 22.1 Å². The predicted octanol–water partition coefficient (Wildman–Crippen LogP) is 3.79. The van der Waals surface area contributed by atoms with Crippen LogP contribution in [0.3, 0.4) is 0 Å². The monoisotopic (exact) mass is 328 g/mol. The molecule has 0 saturated heterocycles. The molecule has 1 atom stereocenters. The molecule has 2 aliphatic rings. The Hall–Kier alpha value is -2.25. The van der Waals surface area contributed by atoms with Crippen molar-refractivity contribution in [1.29, 1.82) is 5.26 Å². The first kappa shape index (κ1) is 15.6. The fraction of sp³-hybridized carbons (Fsp3) is 0.333. The predicted molar refractivity (Wildman–Crippen MR) is 87.2 cm³/mol. The van der Waals surface area contributed by atoms with E-state index in [1.807, 2.05) is 19.9 Å². The second-order valence-electron chi connectivity index (χ2n) is 6.76. The summed E-state index contributed by atoms with van der Waals surface area (Å²) in [4.78, 5) is 12.7. The fourth-order valence-electron chi connectivity index (χ4n) is 3.30. The average molecular weight is 329 g/mol. The van der Waals surface area contributed by atoms with Crippen LogP contribution in [0.4, 0.5) is 0 Å². The van der Waals surface area contributed by atoms with E-state index in [-0.39, 0.29) is 22.7 Å². The van der Waals surface area contributed by atoms with Crippen molar-refractivity contribution in [3.8, 4) is 6.07 Å². The molecule has 0 radical (unpaired) electrons. The highest BCUT2D eigenvalue weighted by atomic mass is 35.5. The lowest BCUT2D eigenvalue weighted by atomic mass is 9.70. The Labute approximate surface area is 140 Å². The molecule has 0 unspecified atom stereocenters. The van der Waals surface area contributed by atoms with Gasteiger partial charge in [-0.1, -0.05) is 37.6 Å². The van der Waals surface area contributed by atoms with Crippen LogP contribution in [-0.4, -0.2) is 5.78 Å². The Bertz CT molecular complexity index is 799. The van der Waals surface area contributed by atoms with Gasteiger partial charge in [0.05, 0.1) is 5.92 Å². The van der Waals surface area contributed by atoms with Crippen LogP contribution in [0.2, 0.25) is 5.02 Å². The van der Waals surface area contributed by atoms with Crippen LogP contribution in [0.1, 0.15) is 38.2 Å². The number of hydrogen-bond acceptors (Lipinski definition) is 4. The molecule has 1 aliphatic heterocycles. The number of nitrogens with zero attached hydrogens (tertiary/aromatic N) is 1. The molecule has 0 spiro atoms. The van der Waals surface area contributed by atoms with E-state index in [1.54, 1.807) is 18.2 Å². The van der Waals surface area contributed by atoms with Crippen molar-refractivity contribution in [2.45, 2.75) is 32.6 Å². The Morgan fingerprint density at radius 2 is 2.13 bits per heavy atom. The van der Waals surface area contributed by atoms with Crippen molar-refractivity contribution in [1.82, 2.24) is 0 Å². The van der Waals surface area contributed by atoms with Gasteiger partial charge in [-0.3, -0.25) is 4.79 Å². The zero-order valence-corrected chi connectivity index (χ0v) is 13.8. The number of halogens is 1. The van der Waals surface area contributed by atoms with Gasteiger partial charge in [0.25, 0.3) is 0 Å². The van der Waals surface area contributed by atoms with Crippen LogP contribution >= 0.6 is 11.6 Å². The maximum absolute atomic E-state index is 12.7. The van der Waals surface area contributed by atoms with Crippen molar-refractivity contribution in [3.63, 3.8) is 0 Å². The molecule has 0 fully saturated rings. The molecule has 1 aromatic carbocycles. The first-order valence-electron chi connectivity index (χ1n) is 7.42. The smallest absolute Gasteiger partial charge is 0.205 e. The van der Waals surface area contributed by atoms with Crippen molar-refractivity contribution in [2.75, 3.05) is 0 Å². The molecule has 1 heterocycles. The van der Waals surface area contributed by atoms with Crippen molar-refractivity contribution < 1.29 is 9.53 Å². The number of ketones is 1. The van der Waals surface area contributed by atoms with E-state index < -0.39 is 5.92 Å². The minimum atomic E-state index is -0.508. The summed E-state index contributed by atoms with van der Waals surface area (Å²) in [6, 6.07) is 9.27. The van der Waals surface area contributed by atoms with E-state index in [1.165, 1.54) is 0 Å². The maximum atomic E-state index is 12.7. The maximum Gasteiger partial charge on any atom is 0.205 e. The number of hydrogen-bond donors (Lipinski definition) is 1. The summed E-state index contributed by atoms with van der Waals surface area (Å²) in [5.74, 6) is 0.141. The van der Waals surface area contributed by atoms with E-state index in [2.05, 4.69) is 6.07 Å². The summed E-state index contributed by atoms with van der Waals surface area (Å²) in [6.07, 6.45) is 1.04. The van der Waals surface area contributed by atoms with Crippen LogP contribution in [0.5, 0.6) is 0 Å². The van der Waals surface area contributed by atoms with Gasteiger partial charge in [-0.25, -0.2) is 0 Å². The Balaban J connectivity index is 2.19. The fourth-order valence-corrected chi connectivity index (χ4v) is 3.50. The molecule has 0 bridgehead atoms. The van der Waals surface area contributed by atoms with Crippen LogP contribution in [-0.2, 0) is 9.53 Å². The molecule has 118 valence electrons. The van der Waals surface area contributed by atoms with Gasteiger partial charge in [0.15, 0.2) is 5.78 Å². The molecule has 1 aromatic rings. The molecule has 0 aromatic heterocycles. The lowest BCUT2D eigenvalue weighted by Gasteiger charge is -2.37. The van der Waals surface area contributed by atoms with Crippen LogP contribution in [0, 0.1) is 16.7 Å². The Morgan fingerprint density at radius 3 is 2.78 bits per heavy atom. The normalized spacial score (nSPS) is 23.2. The zero-order valence-electron chi connectivity index (χ0n) is 13.0. The number of nitriles is 1. The van der Waals surface area contributed by atoms with Gasteiger partial charge in [-0.05, 0) is 23.1 Å². The van der Waals surface area contributed by atoms with E-state index in [0.29, 0.717) is 29.2 Å². The minimum absolute atomic E-state index is 0.00137. The zero-order chi connectivity index (χ0) is 16.8. The molecule has 5 heteroatoms. The summed E-state index contributed by atoms with van der Waals surface area (Å²) in [6.45, 7) is 4.04. The number of allylic oxidation sites excluding steroid dienone is 3. The lowest BCUT2D eigenvalue weighted by molar-refractivity contribution is -0.119. The summed E-state index contributed by atoms with van der Waals surface area (Å²) >= 11 is 6.09. The van der Waals surface area contributed by atoms with Crippen molar-refractivity contribution in [2.24, 2.45) is 11.1 Å². The number of rotatable bonds is 1. The first-order chi connectivity index (χ1) is 10.8. The number of benzene rings is 1. The molecular formula is C18H17ClN2O2. The molecule has 1 aliphatic carbocycles. The van der Waals surface area contributed by atoms with Gasteiger partial charge in [-0.15, -0.1) is 0 Å². The van der Waals surface area contributed by atoms with Gasteiger partial charge in [0, 0.05) is 23.4 Å². The van der Waals surface area contributed by atoms with Gasteiger partial charge < -0.3 is 10.5 Å². The molecule has 0 amide bonds. The average Bonchev–Trinajstić information content (AvgIpc) is 2.44. The highest BCUT2D eigenvalue weighted by Crippen LogP contribution is 2.47. The Kier molecular flexibility index (Phi) is 3.69. The van der Waals surface area contributed by atoms with Gasteiger partial charge in [0.2, 0.25) is 5.88 Å². The molecular weight excluding hydrogens is 312 g/mol. The summed E-state index contributed by atoms with van der Waals surface area (Å²) < 4.78 is 5.64. The standard InChI is InChI=1S/C18H17ClN2O2/c1-18(2)7-13(22)16-14(8-18)23-17(21)12(9-20)15(16)10-4-3-5-11(19)6-10/h3-6,15H,7-8,21H2,1-2H3/t15-/m1/s1. The van der Waals surface area contributed by atoms with Crippen LogP contribution in [0.15, 0.2) is 47.1 Å². The highest BCUT2D eigenvalue weighted by molar-refractivity contribution is 6.30. The quantitative estimate of drug-likeness (QED) is 0.850. The largest absolute Gasteiger partial charge is 0.444 e. The lowest BCUT2D eigenvalue weighted by Crippen LogP contribution is -2.33. The summed E-state index contributed by atoms with van der Waals surface area (Å²) in [5.41, 5.74) is 7.35. The van der Waals surface area contributed by atoms with Gasteiger partial charge in [-0.2, -0.15) is 5.26 Å². The van der Waals surface area contributed by atoms with Crippen molar-refractivity contribution in [3.05, 3.63) is 57.6 Å². The minimum Gasteiger partial charge on any atom is -0.444 e. The number of Topliss-reactive ketones (excluding diaryl/α,β-unsaturated/α-hetero) is 1. The number of carbonyl (C=O) groups excluding carboxylic acids is 1. The second kappa shape index (κ2) is 5.43. The summed E-state index contributed by atoms with van der Waals surface area (Å²) in [7, 11) is 0. The molecule has 2 N–H and O–H groups in total. The molecule has 3 rings (SSSR count).